The van der Waals surface area contributed by atoms with E-state index in [9.17, 15) is 4.79 Å². The second-order valence-corrected chi connectivity index (χ2v) is 9.42. The number of rotatable bonds is 24. The van der Waals surface area contributed by atoms with Gasteiger partial charge in [-0.1, -0.05) is 136 Å². The van der Waals surface area contributed by atoms with Crippen LogP contribution in [0.15, 0.2) is 0 Å². The topological polar surface area (TPSA) is 26.3 Å². The number of carbonyl (C=O) groups excluding carboxylic acids is 1. The molecule has 0 aliphatic heterocycles. The number of carbonyl (C=O) groups is 1. The Labute approximate surface area is 190 Å². The third kappa shape index (κ3) is 22.2. The average Bonchev–Trinajstić information content (AvgIpc) is 2.75. The van der Waals surface area contributed by atoms with Crippen molar-refractivity contribution >= 4 is 5.97 Å². The molecule has 0 aromatic heterocycles. The number of hydrogen-bond donors (Lipinski definition) is 0. The maximum atomic E-state index is 12.1. The van der Waals surface area contributed by atoms with E-state index in [2.05, 4.69) is 20.8 Å². The highest BCUT2D eigenvalue weighted by Crippen LogP contribution is 2.16. The molecule has 1 atom stereocenters. The van der Waals surface area contributed by atoms with E-state index in [1.165, 1.54) is 122 Å². The first kappa shape index (κ1) is 29.5. The van der Waals surface area contributed by atoms with Crippen LogP contribution in [0, 0.1) is 0 Å². The van der Waals surface area contributed by atoms with Gasteiger partial charge in [0.2, 0.25) is 0 Å². The molecule has 30 heavy (non-hydrogen) atoms. The van der Waals surface area contributed by atoms with Crippen LogP contribution in [0.25, 0.3) is 0 Å². The van der Waals surface area contributed by atoms with Gasteiger partial charge in [0.1, 0.15) is 6.10 Å². The Morgan fingerprint density at radius 2 is 0.900 bits per heavy atom. The molecule has 0 aromatic carbocycles. The number of hydrogen-bond acceptors (Lipinski definition) is 2. The van der Waals surface area contributed by atoms with Crippen molar-refractivity contribution in [2.24, 2.45) is 0 Å². The molecule has 2 nitrogen and oxygen atoms in total. The van der Waals surface area contributed by atoms with Gasteiger partial charge in [0.25, 0.3) is 0 Å². The summed E-state index contributed by atoms with van der Waals surface area (Å²) in [6.45, 7) is 6.69. The molecule has 0 aromatic rings. The summed E-state index contributed by atoms with van der Waals surface area (Å²) in [6.07, 6.45) is 29.4. The molecule has 0 rings (SSSR count). The summed E-state index contributed by atoms with van der Waals surface area (Å²) in [7, 11) is 0. The standard InChI is InChI=1S/C28H56O2/c1-4-7-9-11-13-15-16-18-20-22-24-26-28(29)30-27(6-3)25-23-21-19-17-14-12-10-8-5-2/h27H,4-26H2,1-3H3/t27-/m0/s1. The fourth-order valence-electron chi connectivity index (χ4n) is 4.21. The summed E-state index contributed by atoms with van der Waals surface area (Å²) in [4.78, 5) is 12.1. The lowest BCUT2D eigenvalue weighted by atomic mass is 10.0. The minimum atomic E-state index is 0.0358. The summed E-state index contributed by atoms with van der Waals surface area (Å²) in [5.41, 5.74) is 0. The maximum absolute atomic E-state index is 12.1. The molecule has 180 valence electrons. The van der Waals surface area contributed by atoms with Gasteiger partial charge in [-0.15, -0.1) is 0 Å². The Morgan fingerprint density at radius 1 is 0.533 bits per heavy atom. The first-order valence-electron chi connectivity index (χ1n) is 13.9. The highest BCUT2D eigenvalue weighted by atomic mass is 16.5. The van der Waals surface area contributed by atoms with Crippen molar-refractivity contribution in [1.82, 2.24) is 0 Å². The van der Waals surface area contributed by atoms with Crippen LogP contribution in [0.1, 0.15) is 168 Å². The highest BCUT2D eigenvalue weighted by molar-refractivity contribution is 5.69. The van der Waals surface area contributed by atoms with Crippen LogP contribution >= 0.6 is 0 Å². The Hall–Kier alpha value is -0.530. The lowest BCUT2D eigenvalue weighted by molar-refractivity contribution is -0.149. The van der Waals surface area contributed by atoms with Gasteiger partial charge in [-0.3, -0.25) is 4.79 Å². The Morgan fingerprint density at radius 3 is 1.30 bits per heavy atom. The molecular formula is C28H56O2. The van der Waals surface area contributed by atoms with Gasteiger partial charge in [0, 0.05) is 6.42 Å². The molecular weight excluding hydrogens is 368 g/mol. The second kappa shape index (κ2) is 24.7. The molecule has 0 saturated heterocycles. The molecule has 0 amide bonds. The monoisotopic (exact) mass is 424 g/mol. The Kier molecular flexibility index (Phi) is 24.3. The van der Waals surface area contributed by atoms with E-state index in [4.69, 9.17) is 4.74 Å². The van der Waals surface area contributed by atoms with E-state index in [1.807, 2.05) is 0 Å². The molecule has 0 spiro atoms. The summed E-state index contributed by atoms with van der Waals surface area (Å²) in [6, 6.07) is 0. The van der Waals surface area contributed by atoms with Crippen molar-refractivity contribution in [3.8, 4) is 0 Å². The first-order valence-corrected chi connectivity index (χ1v) is 13.9. The molecule has 0 fully saturated rings. The van der Waals surface area contributed by atoms with Crippen LogP contribution in [0.2, 0.25) is 0 Å². The molecule has 0 N–H and O–H groups in total. The van der Waals surface area contributed by atoms with Crippen LogP contribution in [0.4, 0.5) is 0 Å². The molecule has 0 radical (unpaired) electrons. The number of unbranched alkanes of at least 4 members (excludes halogenated alkanes) is 18. The fourth-order valence-corrected chi connectivity index (χ4v) is 4.21. The van der Waals surface area contributed by atoms with Crippen molar-refractivity contribution in [3.63, 3.8) is 0 Å². The first-order chi connectivity index (χ1) is 14.7. The zero-order valence-corrected chi connectivity index (χ0v) is 21.2. The summed E-state index contributed by atoms with van der Waals surface area (Å²) in [5, 5.41) is 0. The second-order valence-electron chi connectivity index (χ2n) is 9.42. The van der Waals surface area contributed by atoms with Crippen molar-refractivity contribution in [2.75, 3.05) is 0 Å². The smallest absolute Gasteiger partial charge is 0.306 e. The lowest BCUT2D eigenvalue weighted by Crippen LogP contribution is -2.17. The van der Waals surface area contributed by atoms with Gasteiger partial charge in [-0.25, -0.2) is 0 Å². The molecule has 0 aliphatic carbocycles. The van der Waals surface area contributed by atoms with Gasteiger partial charge in [0.05, 0.1) is 0 Å². The molecule has 0 unspecified atom stereocenters. The van der Waals surface area contributed by atoms with E-state index >= 15 is 0 Å². The van der Waals surface area contributed by atoms with Crippen LogP contribution in [-0.4, -0.2) is 12.1 Å². The molecule has 0 saturated carbocycles. The fraction of sp³-hybridized carbons (Fsp3) is 0.964. The van der Waals surface area contributed by atoms with Crippen molar-refractivity contribution in [2.45, 2.75) is 175 Å². The van der Waals surface area contributed by atoms with Crippen molar-refractivity contribution in [3.05, 3.63) is 0 Å². The predicted molar refractivity (Wildman–Crippen MR) is 133 cm³/mol. The zero-order valence-electron chi connectivity index (χ0n) is 21.2. The maximum Gasteiger partial charge on any atom is 0.306 e. The van der Waals surface area contributed by atoms with E-state index in [0.717, 1.165) is 19.3 Å². The predicted octanol–water partition coefficient (Wildman–Crippen LogP) is 9.93. The quantitative estimate of drug-likeness (QED) is 0.114. The largest absolute Gasteiger partial charge is 0.462 e. The number of esters is 1. The van der Waals surface area contributed by atoms with Crippen LogP contribution < -0.4 is 0 Å². The lowest BCUT2D eigenvalue weighted by Gasteiger charge is -2.16. The third-order valence-corrected chi connectivity index (χ3v) is 6.37. The minimum absolute atomic E-state index is 0.0358. The SMILES string of the molecule is CCCCCCCCCCCCCC(=O)O[C@@H](CC)CCCCCCCCCCC. The number of ether oxygens (including phenoxy) is 1. The van der Waals surface area contributed by atoms with E-state index in [1.54, 1.807) is 0 Å². The zero-order chi connectivity index (χ0) is 22.1. The normalized spacial score (nSPS) is 12.2. The Bertz CT molecular complexity index is 340. The van der Waals surface area contributed by atoms with E-state index in [0.29, 0.717) is 6.42 Å². The van der Waals surface area contributed by atoms with Gasteiger partial charge < -0.3 is 4.74 Å². The molecule has 0 heterocycles. The van der Waals surface area contributed by atoms with Crippen LogP contribution in [0.3, 0.4) is 0 Å². The molecule has 0 aliphatic rings. The third-order valence-electron chi connectivity index (χ3n) is 6.37. The molecule has 0 bridgehead atoms. The van der Waals surface area contributed by atoms with Gasteiger partial charge in [-0.05, 0) is 25.7 Å². The summed E-state index contributed by atoms with van der Waals surface area (Å²) < 4.78 is 5.72. The van der Waals surface area contributed by atoms with Gasteiger partial charge >= 0.3 is 5.97 Å². The Balaban J connectivity index is 3.45. The van der Waals surface area contributed by atoms with E-state index in [-0.39, 0.29) is 12.1 Å². The summed E-state index contributed by atoms with van der Waals surface area (Å²) in [5.74, 6) is 0.0358. The average molecular weight is 425 g/mol. The van der Waals surface area contributed by atoms with E-state index < -0.39 is 0 Å². The summed E-state index contributed by atoms with van der Waals surface area (Å²) >= 11 is 0. The molecule has 2 heteroatoms. The van der Waals surface area contributed by atoms with Crippen LogP contribution in [0.5, 0.6) is 0 Å². The van der Waals surface area contributed by atoms with Gasteiger partial charge in [-0.2, -0.15) is 0 Å². The highest BCUT2D eigenvalue weighted by Gasteiger charge is 2.12. The van der Waals surface area contributed by atoms with Crippen molar-refractivity contribution in [1.29, 1.82) is 0 Å². The van der Waals surface area contributed by atoms with Crippen molar-refractivity contribution < 1.29 is 9.53 Å². The van der Waals surface area contributed by atoms with Gasteiger partial charge in [0.15, 0.2) is 0 Å². The minimum Gasteiger partial charge on any atom is -0.462 e. The van der Waals surface area contributed by atoms with Crippen LogP contribution in [-0.2, 0) is 9.53 Å².